The summed E-state index contributed by atoms with van der Waals surface area (Å²) in [5, 5.41) is 4.76. The van der Waals surface area contributed by atoms with Crippen LogP contribution < -0.4 is 5.73 Å². The van der Waals surface area contributed by atoms with E-state index in [9.17, 15) is 0 Å². The highest BCUT2D eigenvalue weighted by atomic mass is 35.5. The van der Waals surface area contributed by atoms with E-state index in [1.165, 1.54) is 0 Å². The normalized spacial score (nSPS) is 13.1. The number of nitrogens with two attached hydrogens (primary N) is 1. The molecule has 0 radical (unpaired) electrons. The minimum Gasteiger partial charge on any atom is -0.319 e. The van der Waals surface area contributed by atoms with Crippen molar-refractivity contribution in [1.29, 1.82) is 0 Å². The summed E-state index contributed by atoms with van der Waals surface area (Å²) in [5.41, 5.74) is 6.04. The molecule has 68 valence electrons. The van der Waals surface area contributed by atoms with E-state index in [1.54, 1.807) is 22.7 Å². The van der Waals surface area contributed by atoms with E-state index in [0.717, 1.165) is 14.8 Å². The first-order valence-corrected chi connectivity index (χ1v) is 5.94. The van der Waals surface area contributed by atoms with Crippen LogP contribution in [0.15, 0.2) is 29.0 Å². The Morgan fingerprint density at radius 3 is 2.62 bits per heavy atom. The highest BCUT2D eigenvalue weighted by Gasteiger charge is 2.14. The van der Waals surface area contributed by atoms with E-state index < -0.39 is 0 Å². The first-order valence-electron chi connectivity index (χ1n) is 3.81. The summed E-state index contributed by atoms with van der Waals surface area (Å²) in [6, 6.07) is 5.86. The molecule has 2 aromatic rings. The second kappa shape index (κ2) is 3.80. The minimum absolute atomic E-state index is 0.0625. The van der Waals surface area contributed by atoms with Crippen molar-refractivity contribution in [3.63, 3.8) is 0 Å². The summed E-state index contributed by atoms with van der Waals surface area (Å²) < 4.78 is 0. The maximum absolute atomic E-state index is 6.04. The predicted octanol–water partition coefficient (Wildman–Crippen LogP) is 3.51. The molecule has 0 saturated heterocycles. The van der Waals surface area contributed by atoms with Gasteiger partial charge in [-0.25, -0.2) is 0 Å². The third-order valence-corrected chi connectivity index (χ3v) is 4.17. The van der Waals surface area contributed by atoms with Gasteiger partial charge in [-0.2, -0.15) is 0 Å². The molecule has 0 aromatic carbocycles. The Labute approximate surface area is 89.8 Å². The van der Waals surface area contributed by atoms with Gasteiger partial charge >= 0.3 is 0 Å². The molecular weight excluding hydrogens is 222 g/mol. The Balaban J connectivity index is 2.33. The molecule has 0 bridgehead atoms. The largest absolute Gasteiger partial charge is 0.319 e. The standard InChI is InChI=1S/C9H8ClNS2/c10-6-3-5-13-9(6)8(11)7-2-1-4-12-7/h1-5,8H,11H2/t8-/m1/s1. The molecule has 0 aliphatic carbocycles. The van der Waals surface area contributed by atoms with Crippen LogP contribution >= 0.6 is 34.3 Å². The van der Waals surface area contributed by atoms with Crippen LogP contribution in [-0.2, 0) is 0 Å². The summed E-state index contributed by atoms with van der Waals surface area (Å²) in [6.07, 6.45) is 0. The van der Waals surface area contributed by atoms with Gasteiger partial charge in [0.25, 0.3) is 0 Å². The van der Waals surface area contributed by atoms with E-state index in [2.05, 4.69) is 0 Å². The lowest BCUT2D eigenvalue weighted by Crippen LogP contribution is -2.08. The number of hydrogen-bond acceptors (Lipinski definition) is 3. The van der Waals surface area contributed by atoms with Crippen LogP contribution in [0.25, 0.3) is 0 Å². The minimum atomic E-state index is -0.0625. The van der Waals surface area contributed by atoms with Gasteiger partial charge in [0.15, 0.2) is 0 Å². The van der Waals surface area contributed by atoms with Crippen LogP contribution in [-0.4, -0.2) is 0 Å². The maximum atomic E-state index is 6.04. The van der Waals surface area contributed by atoms with Crippen LogP contribution in [0.1, 0.15) is 15.8 Å². The van der Waals surface area contributed by atoms with E-state index in [-0.39, 0.29) is 6.04 Å². The highest BCUT2D eigenvalue weighted by Crippen LogP contribution is 2.32. The van der Waals surface area contributed by atoms with Gasteiger partial charge in [0, 0.05) is 9.75 Å². The Bertz CT molecular complexity index is 380. The molecule has 0 fully saturated rings. The van der Waals surface area contributed by atoms with Crippen LogP contribution in [0.3, 0.4) is 0 Å². The zero-order valence-corrected chi connectivity index (χ0v) is 9.12. The molecule has 0 unspecified atom stereocenters. The van der Waals surface area contributed by atoms with Crippen molar-refractivity contribution in [2.24, 2.45) is 5.73 Å². The molecule has 1 nitrogen and oxygen atoms in total. The molecule has 0 aliphatic heterocycles. The molecule has 0 aliphatic rings. The lowest BCUT2D eigenvalue weighted by atomic mass is 10.2. The van der Waals surface area contributed by atoms with Gasteiger partial charge in [0.1, 0.15) is 0 Å². The number of thiophene rings is 2. The SMILES string of the molecule is N[C@H](c1cccs1)c1sccc1Cl. The average Bonchev–Trinajstić information content (AvgIpc) is 2.72. The lowest BCUT2D eigenvalue weighted by Gasteiger charge is -2.06. The van der Waals surface area contributed by atoms with Gasteiger partial charge in [0.2, 0.25) is 0 Å². The van der Waals surface area contributed by atoms with Crippen LogP contribution in [0, 0.1) is 0 Å². The summed E-state index contributed by atoms with van der Waals surface area (Å²) in [4.78, 5) is 2.20. The number of hydrogen-bond donors (Lipinski definition) is 1. The van der Waals surface area contributed by atoms with Crippen molar-refractivity contribution in [1.82, 2.24) is 0 Å². The zero-order chi connectivity index (χ0) is 9.26. The monoisotopic (exact) mass is 229 g/mol. The van der Waals surface area contributed by atoms with Crippen LogP contribution in [0.5, 0.6) is 0 Å². The third-order valence-electron chi connectivity index (χ3n) is 1.78. The Kier molecular flexibility index (Phi) is 2.69. The zero-order valence-electron chi connectivity index (χ0n) is 6.74. The van der Waals surface area contributed by atoms with Gasteiger partial charge in [-0.15, -0.1) is 22.7 Å². The molecule has 4 heteroatoms. The first-order chi connectivity index (χ1) is 6.29. The van der Waals surface area contributed by atoms with E-state index in [1.807, 2.05) is 29.0 Å². The van der Waals surface area contributed by atoms with Crippen molar-refractivity contribution in [2.75, 3.05) is 0 Å². The Morgan fingerprint density at radius 1 is 1.23 bits per heavy atom. The lowest BCUT2D eigenvalue weighted by molar-refractivity contribution is 0.918. The van der Waals surface area contributed by atoms with Crippen molar-refractivity contribution in [3.8, 4) is 0 Å². The van der Waals surface area contributed by atoms with Crippen molar-refractivity contribution >= 4 is 34.3 Å². The summed E-state index contributed by atoms with van der Waals surface area (Å²) in [7, 11) is 0. The molecule has 2 heterocycles. The van der Waals surface area contributed by atoms with Gasteiger partial charge in [-0.05, 0) is 22.9 Å². The van der Waals surface area contributed by atoms with Gasteiger partial charge < -0.3 is 5.73 Å². The molecular formula is C9H8ClNS2. The van der Waals surface area contributed by atoms with Crippen LogP contribution in [0.2, 0.25) is 5.02 Å². The first kappa shape index (κ1) is 9.21. The third kappa shape index (κ3) is 1.79. The molecule has 2 N–H and O–H groups in total. The van der Waals surface area contributed by atoms with E-state index in [4.69, 9.17) is 17.3 Å². The summed E-state index contributed by atoms with van der Waals surface area (Å²) in [5.74, 6) is 0. The van der Waals surface area contributed by atoms with Crippen molar-refractivity contribution in [3.05, 3.63) is 43.7 Å². The fraction of sp³-hybridized carbons (Fsp3) is 0.111. The molecule has 2 rings (SSSR count). The quantitative estimate of drug-likeness (QED) is 0.838. The van der Waals surface area contributed by atoms with Gasteiger partial charge in [-0.3, -0.25) is 0 Å². The average molecular weight is 230 g/mol. The molecule has 13 heavy (non-hydrogen) atoms. The molecule has 0 spiro atoms. The Morgan fingerprint density at radius 2 is 2.08 bits per heavy atom. The molecule has 1 atom stereocenters. The number of rotatable bonds is 2. The topological polar surface area (TPSA) is 26.0 Å². The van der Waals surface area contributed by atoms with Crippen LogP contribution in [0.4, 0.5) is 0 Å². The maximum Gasteiger partial charge on any atom is 0.0754 e. The fourth-order valence-corrected chi connectivity index (χ4v) is 3.13. The van der Waals surface area contributed by atoms with E-state index in [0.29, 0.717) is 0 Å². The van der Waals surface area contributed by atoms with E-state index >= 15 is 0 Å². The summed E-state index contributed by atoms with van der Waals surface area (Å²) >= 11 is 9.25. The molecule has 2 aromatic heterocycles. The second-order valence-electron chi connectivity index (χ2n) is 2.63. The predicted molar refractivity (Wildman–Crippen MR) is 59.7 cm³/mol. The molecule has 0 saturated carbocycles. The second-order valence-corrected chi connectivity index (χ2v) is 4.96. The molecule has 0 amide bonds. The van der Waals surface area contributed by atoms with Gasteiger partial charge in [0.05, 0.1) is 11.1 Å². The number of halogens is 1. The van der Waals surface area contributed by atoms with Gasteiger partial charge in [-0.1, -0.05) is 17.7 Å². The van der Waals surface area contributed by atoms with Crippen molar-refractivity contribution in [2.45, 2.75) is 6.04 Å². The van der Waals surface area contributed by atoms with Crippen molar-refractivity contribution < 1.29 is 0 Å². The smallest absolute Gasteiger partial charge is 0.0754 e. The highest BCUT2D eigenvalue weighted by molar-refractivity contribution is 7.12. The Hall–Kier alpha value is -0.350. The summed E-state index contributed by atoms with van der Waals surface area (Å²) in [6.45, 7) is 0. The fourth-order valence-electron chi connectivity index (χ4n) is 1.12.